The van der Waals surface area contributed by atoms with Gasteiger partial charge in [-0.05, 0) is 30.5 Å². The molecule has 1 aliphatic rings. The number of aldehydes is 1. The highest BCUT2D eigenvalue weighted by molar-refractivity contribution is 5.82. The smallest absolute Gasteiger partial charge is 0.171 e. The molecule has 0 saturated heterocycles. The van der Waals surface area contributed by atoms with Gasteiger partial charge in [0.1, 0.15) is 0 Å². The van der Waals surface area contributed by atoms with Gasteiger partial charge in [-0.25, -0.2) is 0 Å². The summed E-state index contributed by atoms with van der Waals surface area (Å²) in [4.78, 5) is 11.2. The number of benzene rings is 1. The number of carbonyl (C=O) groups is 1. The van der Waals surface area contributed by atoms with Gasteiger partial charge in [0, 0.05) is 5.54 Å². The first kappa shape index (κ1) is 13.9. The summed E-state index contributed by atoms with van der Waals surface area (Å²) < 4.78 is 10.6. The van der Waals surface area contributed by atoms with Crippen LogP contribution in [-0.4, -0.2) is 20.5 Å². The molecule has 0 spiro atoms. The fraction of sp³-hybridized carbons (Fsp3) is 0.533. The summed E-state index contributed by atoms with van der Waals surface area (Å²) in [5, 5.41) is 0. The van der Waals surface area contributed by atoms with Gasteiger partial charge in [-0.2, -0.15) is 0 Å². The maximum absolute atomic E-state index is 11.2. The van der Waals surface area contributed by atoms with E-state index < -0.39 is 0 Å². The number of carbonyl (C=O) groups excluding carboxylic acids is 1. The van der Waals surface area contributed by atoms with Crippen LogP contribution in [0, 0.1) is 0 Å². The zero-order valence-corrected chi connectivity index (χ0v) is 11.6. The number of methoxy groups -OCH3 is 2. The molecule has 2 rings (SSSR count). The molecule has 4 heteroatoms. The van der Waals surface area contributed by atoms with Crippen LogP contribution in [0.15, 0.2) is 12.1 Å². The van der Waals surface area contributed by atoms with E-state index in [1.807, 2.05) is 12.1 Å². The first-order chi connectivity index (χ1) is 9.14. The largest absolute Gasteiger partial charge is 0.493 e. The second kappa shape index (κ2) is 5.61. The lowest BCUT2D eigenvalue weighted by Gasteiger charge is -2.34. The van der Waals surface area contributed by atoms with E-state index in [0.717, 1.165) is 37.5 Å². The first-order valence-electron chi connectivity index (χ1n) is 6.65. The molecule has 1 aliphatic carbocycles. The van der Waals surface area contributed by atoms with E-state index >= 15 is 0 Å². The molecule has 4 nitrogen and oxygen atoms in total. The third-order valence-corrected chi connectivity index (χ3v) is 3.96. The van der Waals surface area contributed by atoms with Crippen LogP contribution in [0.2, 0.25) is 0 Å². The number of hydrogen-bond acceptors (Lipinski definition) is 4. The lowest BCUT2D eigenvalue weighted by Crippen LogP contribution is -2.38. The molecule has 1 fully saturated rings. The van der Waals surface area contributed by atoms with Gasteiger partial charge in [-0.1, -0.05) is 19.3 Å². The van der Waals surface area contributed by atoms with E-state index in [0.29, 0.717) is 17.1 Å². The number of nitrogens with two attached hydrogens (primary N) is 1. The number of rotatable bonds is 4. The van der Waals surface area contributed by atoms with E-state index in [1.165, 1.54) is 13.5 Å². The van der Waals surface area contributed by atoms with Crippen molar-refractivity contribution in [1.29, 1.82) is 0 Å². The second-order valence-electron chi connectivity index (χ2n) is 5.14. The van der Waals surface area contributed by atoms with Crippen molar-refractivity contribution >= 4 is 6.29 Å². The van der Waals surface area contributed by atoms with Crippen LogP contribution >= 0.6 is 0 Å². The minimum atomic E-state index is -0.352. The molecule has 0 amide bonds. The summed E-state index contributed by atoms with van der Waals surface area (Å²) in [5.74, 6) is 1.04. The highest BCUT2D eigenvalue weighted by Crippen LogP contribution is 2.40. The molecule has 1 aromatic carbocycles. The van der Waals surface area contributed by atoms with Crippen LogP contribution in [0.25, 0.3) is 0 Å². The van der Waals surface area contributed by atoms with Crippen molar-refractivity contribution in [3.05, 3.63) is 23.3 Å². The van der Waals surface area contributed by atoms with Gasteiger partial charge in [0.2, 0.25) is 0 Å². The number of ether oxygens (including phenoxy) is 2. The van der Waals surface area contributed by atoms with Crippen molar-refractivity contribution in [2.45, 2.75) is 37.6 Å². The molecular weight excluding hydrogens is 242 g/mol. The zero-order chi connectivity index (χ0) is 13.9. The van der Waals surface area contributed by atoms with Gasteiger partial charge in [0.05, 0.1) is 19.8 Å². The minimum absolute atomic E-state index is 0.352. The molecule has 0 atom stereocenters. The third-order valence-electron chi connectivity index (χ3n) is 3.96. The Morgan fingerprint density at radius 1 is 1.16 bits per heavy atom. The van der Waals surface area contributed by atoms with E-state index in [1.54, 1.807) is 7.11 Å². The molecular formula is C15H21NO3. The van der Waals surface area contributed by atoms with Crippen LogP contribution in [0.3, 0.4) is 0 Å². The Morgan fingerprint density at radius 3 is 2.37 bits per heavy atom. The first-order valence-corrected chi connectivity index (χ1v) is 6.65. The highest BCUT2D eigenvalue weighted by atomic mass is 16.5. The Labute approximate surface area is 113 Å². The van der Waals surface area contributed by atoms with Crippen LogP contribution in [0.5, 0.6) is 11.5 Å². The molecule has 0 heterocycles. The third kappa shape index (κ3) is 2.59. The van der Waals surface area contributed by atoms with Crippen LogP contribution < -0.4 is 15.2 Å². The molecule has 0 radical (unpaired) electrons. The van der Waals surface area contributed by atoms with E-state index in [2.05, 4.69) is 0 Å². The normalized spacial score (nSPS) is 17.8. The summed E-state index contributed by atoms with van der Waals surface area (Å²) in [6, 6.07) is 3.73. The van der Waals surface area contributed by atoms with E-state index in [4.69, 9.17) is 15.2 Å². The van der Waals surface area contributed by atoms with E-state index in [-0.39, 0.29) is 5.54 Å². The summed E-state index contributed by atoms with van der Waals surface area (Å²) in [6.07, 6.45) is 6.16. The molecule has 1 saturated carbocycles. The van der Waals surface area contributed by atoms with Crippen molar-refractivity contribution in [3.63, 3.8) is 0 Å². The fourth-order valence-electron chi connectivity index (χ4n) is 2.84. The molecule has 1 aromatic rings. The van der Waals surface area contributed by atoms with Crippen LogP contribution in [0.4, 0.5) is 0 Å². The predicted octanol–water partition coefficient (Wildman–Crippen LogP) is 2.63. The minimum Gasteiger partial charge on any atom is -0.493 e. The molecule has 0 aliphatic heterocycles. The Bertz CT molecular complexity index is 465. The summed E-state index contributed by atoms with van der Waals surface area (Å²) in [6.45, 7) is 0. The molecule has 104 valence electrons. The quantitative estimate of drug-likeness (QED) is 0.848. The Hall–Kier alpha value is -1.55. The molecule has 0 aromatic heterocycles. The van der Waals surface area contributed by atoms with Crippen LogP contribution in [-0.2, 0) is 5.54 Å². The van der Waals surface area contributed by atoms with Gasteiger partial charge in [-0.15, -0.1) is 0 Å². The Kier molecular flexibility index (Phi) is 4.10. The summed E-state index contributed by atoms with van der Waals surface area (Å²) in [5.41, 5.74) is 7.61. The van der Waals surface area contributed by atoms with Gasteiger partial charge >= 0.3 is 0 Å². The maximum atomic E-state index is 11.2. The van der Waals surface area contributed by atoms with Crippen LogP contribution in [0.1, 0.15) is 48.0 Å². The lowest BCUT2D eigenvalue weighted by atomic mass is 9.77. The lowest BCUT2D eigenvalue weighted by molar-refractivity contribution is 0.111. The molecule has 0 unspecified atom stereocenters. The van der Waals surface area contributed by atoms with Gasteiger partial charge in [0.25, 0.3) is 0 Å². The topological polar surface area (TPSA) is 61.5 Å². The van der Waals surface area contributed by atoms with Crippen molar-refractivity contribution in [3.8, 4) is 11.5 Å². The van der Waals surface area contributed by atoms with Gasteiger partial charge in [-0.3, -0.25) is 4.79 Å². The average molecular weight is 263 g/mol. The Morgan fingerprint density at radius 2 is 1.84 bits per heavy atom. The summed E-state index contributed by atoms with van der Waals surface area (Å²) in [7, 11) is 3.10. The van der Waals surface area contributed by atoms with Crippen molar-refractivity contribution < 1.29 is 14.3 Å². The zero-order valence-electron chi connectivity index (χ0n) is 11.6. The SMILES string of the molecule is COc1cc(C2(N)CCCCC2)cc(C=O)c1OC. The average Bonchev–Trinajstić information content (AvgIpc) is 2.46. The van der Waals surface area contributed by atoms with Crippen molar-refractivity contribution in [2.24, 2.45) is 5.73 Å². The molecule has 0 bridgehead atoms. The van der Waals surface area contributed by atoms with Gasteiger partial charge < -0.3 is 15.2 Å². The fourth-order valence-corrected chi connectivity index (χ4v) is 2.84. The predicted molar refractivity (Wildman–Crippen MR) is 73.9 cm³/mol. The monoisotopic (exact) mass is 263 g/mol. The summed E-state index contributed by atoms with van der Waals surface area (Å²) >= 11 is 0. The second-order valence-corrected chi connectivity index (χ2v) is 5.14. The Balaban J connectivity index is 2.49. The van der Waals surface area contributed by atoms with Gasteiger partial charge in [0.15, 0.2) is 17.8 Å². The van der Waals surface area contributed by atoms with Crippen molar-refractivity contribution in [2.75, 3.05) is 14.2 Å². The van der Waals surface area contributed by atoms with Crippen molar-refractivity contribution in [1.82, 2.24) is 0 Å². The van der Waals surface area contributed by atoms with E-state index in [9.17, 15) is 4.79 Å². The maximum Gasteiger partial charge on any atom is 0.171 e. The molecule has 2 N–H and O–H groups in total. The molecule has 19 heavy (non-hydrogen) atoms. The highest BCUT2D eigenvalue weighted by Gasteiger charge is 2.31. The number of hydrogen-bond donors (Lipinski definition) is 1. The standard InChI is InChI=1S/C15H21NO3/c1-18-13-9-12(8-11(10-17)14(13)19-2)15(16)6-4-3-5-7-15/h8-10H,3-7,16H2,1-2H3.